The van der Waals surface area contributed by atoms with Gasteiger partial charge in [-0.15, -0.1) is 0 Å². The highest BCUT2D eigenvalue weighted by Gasteiger charge is 2.10. The summed E-state index contributed by atoms with van der Waals surface area (Å²) in [5.41, 5.74) is 1.22. The van der Waals surface area contributed by atoms with Crippen LogP contribution in [0, 0.1) is 0 Å². The van der Waals surface area contributed by atoms with Crippen molar-refractivity contribution in [3.63, 3.8) is 0 Å². The number of fused-ring (bicyclic) bond motifs is 1. The average Bonchev–Trinajstić information content (AvgIpc) is 2.83. The maximum Gasteiger partial charge on any atom is 0.337 e. The van der Waals surface area contributed by atoms with Gasteiger partial charge in [-0.3, -0.25) is 0 Å². The number of nitrogens with zero attached hydrogens (tertiary/aromatic N) is 1. The minimum absolute atomic E-state index is 0.213. The Balaban J connectivity index is 1.32. The minimum Gasteiger partial charge on any atom is -0.490 e. The van der Waals surface area contributed by atoms with Gasteiger partial charge in [-0.25, -0.2) is 9.78 Å². The second kappa shape index (κ2) is 9.83. The molecule has 1 aromatic heterocycles. The zero-order chi connectivity index (χ0) is 22.3. The molecule has 0 radical (unpaired) electrons. The Labute approximate surface area is 186 Å². The van der Waals surface area contributed by atoms with Crippen molar-refractivity contribution >= 4 is 16.9 Å². The molecule has 0 saturated heterocycles. The number of aromatic nitrogens is 1. The predicted molar refractivity (Wildman–Crippen MR) is 122 cm³/mol. The zero-order valence-corrected chi connectivity index (χ0v) is 17.9. The summed E-state index contributed by atoms with van der Waals surface area (Å²) in [5.74, 6) is 2.36. The van der Waals surface area contributed by atoms with Crippen LogP contribution in [-0.2, 0) is 4.74 Å². The van der Waals surface area contributed by atoms with E-state index in [2.05, 4.69) is 4.98 Å². The molecule has 3 aromatic carbocycles. The molecule has 0 fully saturated rings. The maximum absolute atomic E-state index is 11.7. The van der Waals surface area contributed by atoms with Gasteiger partial charge in [0.2, 0.25) is 5.88 Å². The first kappa shape index (κ1) is 21.2. The molecular weight excluding hydrogens is 406 g/mol. The van der Waals surface area contributed by atoms with E-state index in [-0.39, 0.29) is 12.1 Å². The summed E-state index contributed by atoms with van der Waals surface area (Å²) < 4.78 is 22.3. The lowest BCUT2D eigenvalue weighted by Crippen LogP contribution is -2.21. The van der Waals surface area contributed by atoms with Gasteiger partial charge in [-0.05, 0) is 67.6 Å². The number of esters is 1. The third kappa shape index (κ3) is 5.35. The van der Waals surface area contributed by atoms with Crippen molar-refractivity contribution in [3.05, 3.63) is 90.5 Å². The van der Waals surface area contributed by atoms with Crippen LogP contribution >= 0.6 is 0 Å². The van der Waals surface area contributed by atoms with Crippen molar-refractivity contribution in [2.24, 2.45) is 0 Å². The van der Waals surface area contributed by atoms with Gasteiger partial charge in [0.05, 0.1) is 18.2 Å². The van der Waals surface area contributed by atoms with Crippen molar-refractivity contribution in [1.29, 1.82) is 0 Å². The number of rotatable bonds is 8. The second-order valence-corrected chi connectivity index (χ2v) is 7.17. The van der Waals surface area contributed by atoms with E-state index in [4.69, 9.17) is 18.9 Å². The normalized spacial score (nSPS) is 11.6. The van der Waals surface area contributed by atoms with Crippen molar-refractivity contribution in [3.8, 4) is 23.1 Å². The van der Waals surface area contributed by atoms with Crippen molar-refractivity contribution < 1.29 is 23.7 Å². The van der Waals surface area contributed by atoms with Crippen molar-refractivity contribution in [1.82, 2.24) is 4.98 Å². The molecule has 4 aromatic rings. The molecule has 0 bridgehead atoms. The topological polar surface area (TPSA) is 66.9 Å². The summed E-state index contributed by atoms with van der Waals surface area (Å²) in [6.07, 6.45) is -0.213. The van der Waals surface area contributed by atoms with Crippen LogP contribution in [0.5, 0.6) is 23.1 Å². The molecule has 0 amide bonds. The molecule has 1 atom stereocenters. The van der Waals surface area contributed by atoms with E-state index in [1.165, 1.54) is 7.11 Å². The largest absolute Gasteiger partial charge is 0.490 e. The SMILES string of the molecule is COC(=O)c1ccc2nc(OC(C)COc3ccc(Oc4ccccc4)cc3)ccc2c1. The third-order valence-electron chi connectivity index (χ3n) is 4.69. The van der Waals surface area contributed by atoms with E-state index < -0.39 is 0 Å². The lowest BCUT2D eigenvalue weighted by molar-refractivity contribution is 0.0601. The lowest BCUT2D eigenvalue weighted by Gasteiger charge is -2.15. The highest BCUT2D eigenvalue weighted by atomic mass is 16.5. The molecule has 4 rings (SSSR count). The zero-order valence-electron chi connectivity index (χ0n) is 17.9. The Morgan fingerprint density at radius 2 is 1.59 bits per heavy atom. The number of carbonyl (C=O) groups excluding carboxylic acids is 1. The summed E-state index contributed by atoms with van der Waals surface area (Å²) >= 11 is 0. The van der Waals surface area contributed by atoms with Gasteiger partial charge in [0, 0.05) is 11.5 Å². The molecule has 0 aliphatic rings. The molecule has 0 aliphatic carbocycles. The minimum atomic E-state index is -0.377. The average molecular weight is 429 g/mol. The summed E-state index contributed by atoms with van der Waals surface area (Å²) in [6.45, 7) is 2.28. The number of methoxy groups -OCH3 is 1. The number of para-hydroxylation sites is 1. The summed E-state index contributed by atoms with van der Waals surface area (Å²) in [5, 5.41) is 0.835. The summed E-state index contributed by atoms with van der Waals surface area (Å²) in [7, 11) is 1.36. The Hall–Kier alpha value is -4.06. The highest BCUT2D eigenvalue weighted by Crippen LogP contribution is 2.24. The van der Waals surface area contributed by atoms with E-state index in [0.717, 1.165) is 28.2 Å². The van der Waals surface area contributed by atoms with Gasteiger partial charge in [-0.2, -0.15) is 0 Å². The number of benzene rings is 3. The van der Waals surface area contributed by atoms with Crippen LogP contribution in [0.25, 0.3) is 10.9 Å². The molecule has 32 heavy (non-hydrogen) atoms. The molecule has 1 heterocycles. The van der Waals surface area contributed by atoms with Crippen LogP contribution in [0.3, 0.4) is 0 Å². The van der Waals surface area contributed by atoms with Gasteiger partial charge in [-0.1, -0.05) is 18.2 Å². The Kier molecular flexibility index (Phi) is 6.51. The van der Waals surface area contributed by atoms with E-state index in [9.17, 15) is 4.79 Å². The van der Waals surface area contributed by atoms with Crippen LogP contribution in [0.1, 0.15) is 17.3 Å². The molecule has 0 spiro atoms. The fraction of sp³-hybridized carbons (Fsp3) is 0.154. The smallest absolute Gasteiger partial charge is 0.337 e. The number of ether oxygens (including phenoxy) is 4. The second-order valence-electron chi connectivity index (χ2n) is 7.17. The molecule has 1 unspecified atom stereocenters. The first-order valence-corrected chi connectivity index (χ1v) is 10.2. The molecule has 162 valence electrons. The molecule has 0 N–H and O–H groups in total. The van der Waals surface area contributed by atoms with Crippen LogP contribution in [0.2, 0.25) is 0 Å². The Bertz CT molecular complexity index is 1190. The van der Waals surface area contributed by atoms with Crippen LogP contribution in [-0.4, -0.2) is 30.8 Å². The van der Waals surface area contributed by atoms with Crippen LogP contribution < -0.4 is 14.2 Å². The number of pyridine rings is 1. The van der Waals surface area contributed by atoms with Crippen molar-refractivity contribution in [2.75, 3.05) is 13.7 Å². The molecule has 0 saturated carbocycles. The van der Waals surface area contributed by atoms with Gasteiger partial charge < -0.3 is 18.9 Å². The molecule has 6 nitrogen and oxygen atoms in total. The maximum atomic E-state index is 11.7. The van der Waals surface area contributed by atoms with E-state index in [1.54, 1.807) is 24.3 Å². The van der Waals surface area contributed by atoms with Crippen molar-refractivity contribution in [2.45, 2.75) is 13.0 Å². The van der Waals surface area contributed by atoms with Gasteiger partial charge in [0.15, 0.2) is 0 Å². The molecule has 6 heteroatoms. The number of hydrogen-bond donors (Lipinski definition) is 0. The standard InChI is InChI=1S/C26H23NO5/c1-18(17-30-21-10-12-23(13-11-21)32-22-6-4-3-5-7-22)31-25-15-9-19-16-20(26(28)29-2)8-14-24(19)27-25/h3-16,18H,17H2,1-2H3. The van der Waals surface area contributed by atoms with E-state index in [0.29, 0.717) is 18.1 Å². The van der Waals surface area contributed by atoms with Gasteiger partial charge >= 0.3 is 5.97 Å². The molecular formula is C26H23NO5. The highest BCUT2D eigenvalue weighted by molar-refractivity contribution is 5.94. The Morgan fingerprint density at radius 3 is 2.34 bits per heavy atom. The predicted octanol–water partition coefficient (Wildman–Crippen LogP) is 5.66. The monoisotopic (exact) mass is 429 g/mol. The summed E-state index contributed by atoms with van der Waals surface area (Å²) in [4.78, 5) is 16.2. The fourth-order valence-electron chi connectivity index (χ4n) is 3.10. The van der Waals surface area contributed by atoms with Crippen LogP contribution in [0.4, 0.5) is 0 Å². The quantitative estimate of drug-likeness (QED) is 0.337. The van der Waals surface area contributed by atoms with Gasteiger partial charge in [0.1, 0.15) is 30.0 Å². The number of carbonyl (C=O) groups is 1. The number of hydrogen-bond acceptors (Lipinski definition) is 6. The lowest BCUT2D eigenvalue weighted by atomic mass is 10.1. The third-order valence-corrected chi connectivity index (χ3v) is 4.69. The summed E-state index contributed by atoms with van der Waals surface area (Å²) in [6, 6.07) is 25.9. The van der Waals surface area contributed by atoms with Gasteiger partial charge in [0.25, 0.3) is 0 Å². The first-order valence-electron chi connectivity index (χ1n) is 10.2. The van der Waals surface area contributed by atoms with E-state index in [1.807, 2.05) is 67.6 Å². The first-order chi connectivity index (χ1) is 15.6. The van der Waals surface area contributed by atoms with Crippen LogP contribution in [0.15, 0.2) is 84.9 Å². The Morgan fingerprint density at radius 1 is 0.875 bits per heavy atom. The fourth-order valence-corrected chi connectivity index (χ4v) is 3.10. The molecule has 0 aliphatic heterocycles. The van der Waals surface area contributed by atoms with E-state index >= 15 is 0 Å².